The number of anilines is 2. The Morgan fingerprint density at radius 2 is 2.29 bits per heavy atom. The molecule has 0 radical (unpaired) electrons. The summed E-state index contributed by atoms with van der Waals surface area (Å²) < 4.78 is 2.01. The highest BCUT2D eigenvalue weighted by atomic mass is 15.2. The van der Waals surface area contributed by atoms with Crippen molar-refractivity contribution >= 4 is 17.3 Å². The molecule has 1 aliphatic heterocycles. The van der Waals surface area contributed by atoms with Gasteiger partial charge in [0.2, 0.25) is 0 Å². The van der Waals surface area contributed by atoms with Gasteiger partial charge in [0.1, 0.15) is 5.82 Å². The van der Waals surface area contributed by atoms with E-state index in [9.17, 15) is 0 Å². The zero-order valence-corrected chi connectivity index (χ0v) is 12.8. The molecule has 6 heteroatoms. The molecule has 1 atom stereocenters. The Morgan fingerprint density at radius 1 is 1.38 bits per heavy atom. The second-order valence-corrected chi connectivity index (χ2v) is 5.81. The maximum absolute atomic E-state index is 4.65. The number of rotatable bonds is 5. The van der Waals surface area contributed by atoms with Crippen LogP contribution in [0.15, 0.2) is 18.6 Å². The van der Waals surface area contributed by atoms with Gasteiger partial charge in [0.25, 0.3) is 0 Å². The van der Waals surface area contributed by atoms with E-state index in [1.54, 1.807) is 0 Å². The van der Waals surface area contributed by atoms with Crippen LogP contribution in [0.3, 0.4) is 0 Å². The topological polar surface area (TPSA) is 57.5 Å². The summed E-state index contributed by atoms with van der Waals surface area (Å²) in [6.07, 6.45) is 8.32. The van der Waals surface area contributed by atoms with Crippen molar-refractivity contribution in [3.8, 4) is 0 Å². The van der Waals surface area contributed by atoms with Crippen LogP contribution in [0, 0.1) is 5.92 Å². The predicted molar refractivity (Wildman–Crippen MR) is 85.9 cm³/mol. The molecule has 6 nitrogen and oxygen atoms in total. The number of nitrogens with one attached hydrogen (secondary N) is 2. The first-order valence-electron chi connectivity index (χ1n) is 7.76. The van der Waals surface area contributed by atoms with E-state index in [0.29, 0.717) is 5.92 Å². The fourth-order valence-electron chi connectivity index (χ4n) is 3.00. The van der Waals surface area contributed by atoms with Gasteiger partial charge in [-0.2, -0.15) is 0 Å². The molecule has 0 saturated carbocycles. The third kappa shape index (κ3) is 3.26. The number of hydrogen-bond donors (Lipinski definition) is 2. The summed E-state index contributed by atoms with van der Waals surface area (Å²) in [4.78, 5) is 11.5. The summed E-state index contributed by atoms with van der Waals surface area (Å²) in [5.41, 5.74) is 0.890. The third-order valence-corrected chi connectivity index (χ3v) is 4.01. The SMILES string of the molecule is CCNc1cn2ccnc2c(NCC2CCCN(C)C2)n1. The highest BCUT2D eigenvalue weighted by Gasteiger charge is 2.17. The standard InChI is InChI=1S/C15H24N6/c1-3-16-13-11-21-8-6-17-15(21)14(19-13)18-9-12-5-4-7-20(2)10-12/h6,8,11-12,16H,3-5,7,9-10H2,1-2H3,(H,18,19). The van der Waals surface area contributed by atoms with Gasteiger partial charge in [-0.25, -0.2) is 9.97 Å². The minimum absolute atomic E-state index is 0.684. The lowest BCUT2D eigenvalue weighted by Crippen LogP contribution is -2.35. The van der Waals surface area contributed by atoms with Crippen molar-refractivity contribution in [1.82, 2.24) is 19.3 Å². The van der Waals surface area contributed by atoms with Crippen LogP contribution >= 0.6 is 0 Å². The molecule has 2 aromatic heterocycles. The first-order chi connectivity index (χ1) is 10.3. The largest absolute Gasteiger partial charge is 0.369 e. The van der Waals surface area contributed by atoms with E-state index in [2.05, 4.69) is 39.5 Å². The molecule has 0 spiro atoms. The van der Waals surface area contributed by atoms with Crippen LogP contribution in [0.2, 0.25) is 0 Å². The predicted octanol–water partition coefficient (Wildman–Crippen LogP) is 1.91. The lowest BCUT2D eigenvalue weighted by molar-refractivity contribution is 0.217. The molecule has 0 bridgehead atoms. The number of piperidine rings is 1. The monoisotopic (exact) mass is 288 g/mol. The van der Waals surface area contributed by atoms with Crippen molar-refractivity contribution in [3.05, 3.63) is 18.6 Å². The van der Waals surface area contributed by atoms with Crippen LogP contribution in [0.25, 0.3) is 5.65 Å². The Labute approximate surface area is 125 Å². The van der Waals surface area contributed by atoms with Crippen molar-refractivity contribution in [2.24, 2.45) is 5.92 Å². The van der Waals surface area contributed by atoms with Crippen LogP contribution < -0.4 is 10.6 Å². The third-order valence-electron chi connectivity index (χ3n) is 4.01. The van der Waals surface area contributed by atoms with Crippen molar-refractivity contribution in [1.29, 1.82) is 0 Å². The molecule has 1 unspecified atom stereocenters. The molecular formula is C15H24N6. The Kier molecular flexibility index (Phi) is 4.24. The lowest BCUT2D eigenvalue weighted by Gasteiger charge is -2.29. The smallest absolute Gasteiger partial charge is 0.180 e. The fraction of sp³-hybridized carbons (Fsp3) is 0.600. The number of aromatic nitrogens is 3. The maximum Gasteiger partial charge on any atom is 0.180 e. The summed E-state index contributed by atoms with van der Waals surface area (Å²) in [6, 6.07) is 0. The van der Waals surface area contributed by atoms with Gasteiger partial charge in [0, 0.05) is 32.0 Å². The van der Waals surface area contributed by atoms with Crippen LogP contribution in [0.5, 0.6) is 0 Å². The molecule has 0 aliphatic carbocycles. The molecule has 1 aliphatic rings. The van der Waals surface area contributed by atoms with E-state index in [1.165, 1.54) is 19.4 Å². The van der Waals surface area contributed by atoms with Crippen LogP contribution in [0.4, 0.5) is 11.6 Å². The number of likely N-dealkylation sites (tertiary alicyclic amines) is 1. The van der Waals surface area contributed by atoms with Crippen LogP contribution in [-0.4, -0.2) is 52.5 Å². The molecule has 21 heavy (non-hydrogen) atoms. The normalized spacial score (nSPS) is 19.8. The van der Waals surface area contributed by atoms with E-state index in [1.807, 2.05) is 23.0 Å². The number of nitrogens with zero attached hydrogens (tertiary/aromatic N) is 4. The quantitative estimate of drug-likeness (QED) is 0.880. The molecule has 0 amide bonds. The Balaban J connectivity index is 1.74. The number of fused-ring (bicyclic) bond motifs is 1. The van der Waals surface area contributed by atoms with Crippen LogP contribution in [-0.2, 0) is 0 Å². The maximum atomic E-state index is 4.65. The highest BCUT2D eigenvalue weighted by Crippen LogP contribution is 2.19. The second-order valence-electron chi connectivity index (χ2n) is 5.81. The molecular weight excluding hydrogens is 264 g/mol. The average Bonchev–Trinajstić information content (AvgIpc) is 2.93. The summed E-state index contributed by atoms with van der Waals surface area (Å²) in [5, 5.41) is 6.77. The van der Waals surface area contributed by atoms with Gasteiger partial charge in [-0.15, -0.1) is 0 Å². The summed E-state index contributed by atoms with van der Waals surface area (Å²) in [6.45, 7) is 6.26. The molecule has 1 fully saturated rings. The lowest BCUT2D eigenvalue weighted by atomic mass is 9.98. The van der Waals surface area contributed by atoms with E-state index in [4.69, 9.17) is 0 Å². The summed E-state index contributed by atoms with van der Waals surface area (Å²) in [5.74, 6) is 2.43. The second kappa shape index (κ2) is 6.30. The summed E-state index contributed by atoms with van der Waals surface area (Å²) in [7, 11) is 2.20. The van der Waals surface area contributed by atoms with E-state index in [0.717, 1.165) is 36.9 Å². The van der Waals surface area contributed by atoms with E-state index >= 15 is 0 Å². The van der Waals surface area contributed by atoms with Gasteiger partial charge in [-0.3, -0.25) is 0 Å². The van der Waals surface area contributed by atoms with Gasteiger partial charge in [0.05, 0.1) is 6.20 Å². The highest BCUT2D eigenvalue weighted by molar-refractivity contribution is 5.65. The molecule has 1 saturated heterocycles. The Hall–Kier alpha value is -1.82. The van der Waals surface area contributed by atoms with Gasteiger partial charge in [-0.05, 0) is 39.3 Å². The van der Waals surface area contributed by atoms with Crippen molar-refractivity contribution in [3.63, 3.8) is 0 Å². The van der Waals surface area contributed by atoms with Crippen molar-refractivity contribution in [2.75, 3.05) is 43.9 Å². The molecule has 114 valence electrons. The van der Waals surface area contributed by atoms with Gasteiger partial charge in [-0.1, -0.05) is 0 Å². The molecule has 3 rings (SSSR count). The number of imidazole rings is 1. The summed E-state index contributed by atoms with van der Waals surface area (Å²) >= 11 is 0. The average molecular weight is 288 g/mol. The Bertz CT molecular complexity index is 593. The molecule has 2 aromatic rings. The van der Waals surface area contributed by atoms with Gasteiger partial charge < -0.3 is 19.9 Å². The zero-order chi connectivity index (χ0) is 14.7. The number of hydrogen-bond acceptors (Lipinski definition) is 5. The molecule has 3 heterocycles. The minimum atomic E-state index is 0.684. The van der Waals surface area contributed by atoms with Crippen LogP contribution in [0.1, 0.15) is 19.8 Å². The minimum Gasteiger partial charge on any atom is -0.369 e. The van der Waals surface area contributed by atoms with Gasteiger partial charge >= 0.3 is 0 Å². The van der Waals surface area contributed by atoms with Gasteiger partial charge in [0.15, 0.2) is 11.5 Å². The van der Waals surface area contributed by atoms with E-state index in [-0.39, 0.29) is 0 Å². The van der Waals surface area contributed by atoms with E-state index < -0.39 is 0 Å². The zero-order valence-electron chi connectivity index (χ0n) is 12.8. The molecule has 0 aromatic carbocycles. The fourth-order valence-corrected chi connectivity index (χ4v) is 3.00. The Morgan fingerprint density at radius 3 is 3.10 bits per heavy atom. The first-order valence-corrected chi connectivity index (χ1v) is 7.76. The molecule has 2 N–H and O–H groups in total. The first kappa shape index (κ1) is 14.1. The van der Waals surface area contributed by atoms with Crippen molar-refractivity contribution < 1.29 is 0 Å². The van der Waals surface area contributed by atoms with Crippen molar-refractivity contribution in [2.45, 2.75) is 19.8 Å².